The smallest absolute Gasteiger partial charge is 0.228 e. The Hall–Kier alpha value is -2.86. The van der Waals surface area contributed by atoms with E-state index in [4.69, 9.17) is 16.1 Å². The molecule has 2 aromatic carbocycles. The highest BCUT2D eigenvalue weighted by molar-refractivity contribution is 6.30. The van der Waals surface area contributed by atoms with E-state index in [2.05, 4.69) is 49.6 Å². The number of hydrogen-bond acceptors (Lipinski definition) is 4. The molecular formula is C21H22ClN5O. The molecule has 0 saturated heterocycles. The average molecular weight is 396 g/mol. The molecule has 1 aliphatic heterocycles. The SMILES string of the molecule is CN=C(NCCc1nc(-c2cccc(Cl)c2)no1)N1CCc2ccccc2C1. The third-order valence-electron chi connectivity index (χ3n) is 4.81. The van der Waals surface area contributed by atoms with E-state index in [1.807, 2.05) is 31.3 Å². The zero-order valence-corrected chi connectivity index (χ0v) is 16.5. The van der Waals surface area contributed by atoms with Crippen LogP contribution in [0.2, 0.25) is 5.02 Å². The van der Waals surface area contributed by atoms with Crippen molar-refractivity contribution >= 4 is 17.6 Å². The molecule has 2 heterocycles. The molecule has 0 radical (unpaired) electrons. The summed E-state index contributed by atoms with van der Waals surface area (Å²) in [4.78, 5) is 11.2. The van der Waals surface area contributed by atoms with Gasteiger partial charge in [0.2, 0.25) is 11.7 Å². The fourth-order valence-corrected chi connectivity index (χ4v) is 3.58. The van der Waals surface area contributed by atoms with Gasteiger partial charge in [0, 0.05) is 43.7 Å². The number of aliphatic imine (C=N–C) groups is 1. The highest BCUT2D eigenvalue weighted by Crippen LogP contribution is 2.20. The van der Waals surface area contributed by atoms with Gasteiger partial charge in [-0.15, -0.1) is 0 Å². The molecule has 1 N–H and O–H groups in total. The molecule has 144 valence electrons. The quantitative estimate of drug-likeness (QED) is 0.540. The van der Waals surface area contributed by atoms with Gasteiger partial charge in [-0.05, 0) is 29.7 Å². The molecular weight excluding hydrogens is 374 g/mol. The Balaban J connectivity index is 1.33. The summed E-state index contributed by atoms with van der Waals surface area (Å²) in [6.45, 7) is 2.49. The maximum absolute atomic E-state index is 6.03. The Morgan fingerprint density at radius 1 is 1.21 bits per heavy atom. The summed E-state index contributed by atoms with van der Waals surface area (Å²) in [7, 11) is 1.81. The molecule has 0 unspecified atom stereocenters. The second-order valence-corrected chi connectivity index (χ2v) is 7.12. The van der Waals surface area contributed by atoms with Gasteiger partial charge < -0.3 is 14.7 Å². The summed E-state index contributed by atoms with van der Waals surface area (Å²) in [5, 5.41) is 8.10. The van der Waals surface area contributed by atoms with Gasteiger partial charge in [-0.1, -0.05) is 53.2 Å². The molecule has 0 atom stereocenters. The van der Waals surface area contributed by atoms with Crippen molar-refractivity contribution < 1.29 is 4.52 Å². The zero-order chi connectivity index (χ0) is 19.3. The molecule has 3 aromatic rings. The van der Waals surface area contributed by atoms with Gasteiger partial charge in [-0.2, -0.15) is 4.98 Å². The first kappa shape index (κ1) is 18.5. The Kier molecular flexibility index (Phi) is 5.58. The molecule has 0 amide bonds. The van der Waals surface area contributed by atoms with Crippen LogP contribution in [0.3, 0.4) is 0 Å². The third-order valence-corrected chi connectivity index (χ3v) is 5.05. The van der Waals surface area contributed by atoms with Gasteiger partial charge in [-0.25, -0.2) is 0 Å². The molecule has 0 saturated carbocycles. The number of nitrogens with one attached hydrogen (secondary N) is 1. The van der Waals surface area contributed by atoms with E-state index in [0.29, 0.717) is 29.7 Å². The molecule has 0 bridgehead atoms. The summed E-state index contributed by atoms with van der Waals surface area (Å²) >= 11 is 6.03. The van der Waals surface area contributed by atoms with Crippen LogP contribution in [-0.4, -0.2) is 41.1 Å². The molecule has 0 spiro atoms. The minimum absolute atomic E-state index is 0.550. The standard InChI is InChI=1S/C21H22ClN5O/c1-23-21(27-12-10-15-5-2-3-6-17(15)14-27)24-11-9-19-25-20(26-28-19)16-7-4-8-18(22)13-16/h2-8,13H,9-12,14H2,1H3,(H,23,24). The minimum atomic E-state index is 0.550. The summed E-state index contributed by atoms with van der Waals surface area (Å²) in [6, 6.07) is 16.0. The summed E-state index contributed by atoms with van der Waals surface area (Å²) in [6.07, 6.45) is 1.65. The van der Waals surface area contributed by atoms with Crippen molar-refractivity contribution in [2.45, 2.75) is 19.4 Å². The van der Waals surface area contributed by atoms with Crippen LogP contribution in [0.25, 0.3) is 11.4 Å². The lowest BCUT2D eigenvalue weighted by atomic mass is 10.0. The number of fused-ring (bicyclic) bond motifs is 1. The normalized spacial score (nSPS) is 14.1. The van der Waals surface area contributed by atoms with Gasteiger partial charge in [0.25, 0.3) is 0 Å². The second kappa shape index (κ2) is 8.44. The lowest BCUT2D eigenvalue weighted by Crippen LogP contribution is -2.44. The molecule has 1 aliphatic rings. The Morgan fingerprint density at radius 2 is 2.07 bits per heavy atom. The largest absolute Gasteiger partial charge is 0.356 e. The molecule has 28 heavy (non-hydrogen) atoms. The van der Waals surface area contributed by atoms with Crippen molar-refractivity contribution in [3.8, 4) is 11.4 Å². The summed E-state index contributed by atoms with van der Waals surface area (Å²) in [5.41, 5.74) is 3.63. The first-order valence-electron chi connectivity index (χ1n) is 9.34. The molecule has 6 nitrogen and oxygen atoms in total. The maximum atomic E-state index is 6.03. The highest BCUT2D eigenvalue weighted by atomic mass is 35.5. The van der Waals surface area contributed by atoms with Crippen LogP contribution in [0.15, 0.2) is 58.0 Å². The van der Waals surface area contributed by atoms with Gasteiger partial charge >= 0.3 is 0 Å². The summed E-state index contributed by atoms with van der Waals surface area (Å²) < 4.78 is 5.37. The second-order valence-electron chi connectivity index (χ2n) is 6.69. The first-order chi connectivity index (χ1) is 13.7. The van der Waals surface area contributed by atoms with Crippen LogP contribution >= 0.6 is 11.6 Å². The predicted molar refractivity (Wildman–Crippen MR) is 110 cm³/mol. The van der Waals surface area contributed by atoms with E-state index in [9.17, 15) is 0 Å². The zero-order valence-electron chi connectivity index (χ0n) is 15.7. The van der Waals surface area contributed by atoms with E-state index in [-0.39, 0.29) is 0 Å². The number of nitrogens with zero attached hydrogens (tertiary/aromatic N) is 4. The Labute approximate surface area is 169 Å². The molecule has 0 aliphatic carbocycles. The topological polar surface area (TPSA) is 66.5 Å². The number of halogens is 1. The van der Waals surface area contributed by atoms with Crippen LogP contribution < -0.4 is 5.32 Å². The first-order valence-corrected chi connectivity index (χ1v) is 9.71. The third kappa shape index (κ3) is 4.17. The Bertz CT molecular complexity index is 984. The number of hydrogen-bond donors (Lipinski definition) is 1. The van der Waals surface area contributed by atoms with E-state index >= 15 is 0 Å². The van der Waals surface area contributed by atoms with Crippen molar-refractivity contribution in [1.29, 1.82) is 0 Å². The number of guanidine groups is 1. The summed E-state index contributed by atoms with van der Waals surface area (Å²) in [5.74, 6) is 2.03. The number of aromatic nitrogens is 2. The van der Waals surface area contributed by atoms with E-state index in [1.165, 1.54) is 11.1 Å². The van der Waals surface area contributed by atoms with Crippen molar-refractivity contribution in [3.05, 3.63) is 70.6 Å². The minimum Gasteiger partial charge on any atom is -0.356 e. The maximum Gasteiger partial charge on any atom is 0.228 e. The predicted octanol–water partition coefficient (Wildman–Crippen LogP) is 3.57. The lowest BCUT2D eigenvalue weighted by molar-refractivity contribution is 0.368. The fourth-order valence-electron chi connectivity index (χ4n) is 3.39. The number of rotatable bonds is 4. The van der Waals surface area contributed by atoms with Gasteiger partial charge in [-0.3, -0.25) is 4.99 Å². The van der Waals surface area contributed by atoms with Crippen molar-refractivity contribution in [2.75, 3.05) is 20.1 Å². The monoisotopic (exact) mass is 395 g/mol. The van der Waals surface area contributed by atoms with Gasteiger partial charge in [0.1, 0.15) is 0 Å². The number of benzene rings is 2. The van der Waals surface area contributed by atoms with Crippen molar-refractivity contribution in [2.24, 2.45) is 4.99 Å². The molecule has 7 heteroatoms. The highest BCUT2D eigenvalue weighted by Gasteiger charge is 2.18. The van der Waals surface area contributed by atoms with Crippen LogP contribution in [0.1, 0.15) is 17.0 Å². The van der Waals surface area contributed by atoms with Crippen LogP contribution in [-0.2, 0) is 19.4 Å². The van der Waals surface area contributed by atoms with Crippen molar-refractivity contribution in [1.82, 2.24) is 20.4 Å². The fraction of sp³-hybridized carbons (Fsp3) is 0.286. The van der Waals surface area contributed by atoms with E-state index in [1.54, 1.807) is 0 Å². The van der Waals surface area contributed by atoms with Crippen LogP contribution in [0, 0.1) is 0 Å². The lowest BCUT2D eigenvalue weighted by Gasteiger charge is -2.31. The molecule has 1 aromatic heterocycles. The van der Waals surface area contributed by atoms with Gasteiger partial charge in [0.05, 0.1) is 0 Å². The van der Waals surface area contributed by atoms with Crippen LogP contribution in [0.5, 0.6) is 0 Å². The van der Waals surface area contributed by atoms with Crippen molar-refractivity contribution in [3.63, 3.8) is 0 Å². The van der Waals surface area contributed by atoms with E-state index in [0.717, 1.165) is 31.0 Å². The van der Waals surface area contributed by atoms with Crippen LogP contribution in [0.4, 0.5) is 0 Å². The van der Waals surface area contributed by atoms with E-state index < -0.39 is 0 Å². The Morgan fingerprint density at radius 3 is 2.89 bits per heavy atom. The molecule has 4 rings (SSSR count). The average Bonchev–Trinajstić information content (AvgIpc) is 3.20. The van der Waals surface area contributed by atoms with Gasteiger partial charge in [0.15, 0.2) is 5.96 Å². The molecule has 0 fully saturated rings.